The molecule has 0 bridgehead atoms. The van der Waals surface area contributed by atoms with Gasteiger partial charge in [-0.05, 0) is 44.0 Å². The van der Waals surface area contributed by atoms with E-state index in [9.17, 15) is 4.79 Å². The Kier molecular flexibility index (Phi) is 3.72. The molecular formula is C20H15BrN4O2. The minimum atomic E-state index is 0.0286. The molecule has 0 atom stereocenters. The molecule has 1 aliphatic rings. The van der Waals surface area contributed by atoms with Crippen molar-refractivity contribution in [1.82, 2.24) is 15.0 Å². The van der Waals surface area contributed by atoms with Gasteiger partial charge >= 0.3 is 0 Å². The summed E-state index contributed by atoms with van der Waals surface area (Å²) in [6, 6.07) is 7.57. The lowest BCUT2D eigenvalue weighted by Crippen LogP contribution is -2.14. The normalized spacial score (nSPS) is 14.0. The summed E-state index contributed by atoms with van der Waals surface area (Å²) in [5, 5.41) is 4.70. The molecule has 3 heterocycles. The molecule has 0 spiro atoms. The van der Waals surface area contributed by atoms with Gasteiger partial charge < -0.3 is 9.73 Å². The number of aromatic nitrogens is 3. The maximum Gasteiger partial charge on any atom is 0.229 e. The van der Waals surface area contributed by atoms with Crippen molar-refractivity contribution in [3.63, 3.8) is 0 Å². The van der Waals surface area contributed by atoms with Gasteiger partial charge in [0.05, 0.1) is 5.56 Å². The quantitative estimate of drug-likeness (QED) is 0.509. The molecule has 0 saturated heterocycles. The molecule has 0 aliphatic heterocycles. The zero-order chi connectivity index (χ0) is 18.5. The Morgan fingerprint density at radius 1 is 1.19 bits per heavy atom. The van der Waals surface area contributed by atoms with Crippen molar-refractivity contribution in [3.8, 4) is 11.5 Å². The molecule has 1 aromatic carbocycles. The standard InChI is InChI=1S/C20H15BrN4O2/c1-10-14-8-23-18(25-19(26)11-2-3-11)7-13(14)15(9-22-10)20-24-16-6-12(21)4-5-17(16)27-20/h4-9,11H,2-3H2,1H3,(H,23,25,26). The van der Waals surface area contributed by atoms with Gasteiger partial charge in [-0.2, -0.15) is 0 Å². The van der Waals surface area contributed by atoms with Gasteiger partial charge in [0.1, 0.15) is 11.3 Å². The summed E-state index contributed by atoms with van der Waals surface area (Å²) in [5.74, 6) is 1.17. The summed E-state index contributed by atoms with van der Waals surface area (Å²) in [6.07, 6.45) is 5.39. The number of carbonyl (C=O) groups is 1. The van der Waals surface area contributed by atoms with Gasteiger partial charge in [0.2, 0.25) is 11.8 Å². The summed E-state index contributed by atoms with van der Waals surface area (Å²) in [6.45, 7) is 1.93. The van der Waals surface area contributed by atoms with Gasteiger partial charge in [-0.1, -0.05) is 15.9 Å². The average molecular weight is 423 g/mol. The molecule has 1 aliphatic carbocycles. The first kappa shape index (κ1) is 16.4. The van der Waals surface area contributed by atoms with E-state index in [-0.39, 0.29) is 11.8 Å². The molecule has 1 amide bonds. The second kappa shape index (κ2) is 6.13. The largest absolute Gasteiger partial charge is 0.436 e. The molecule has 5 rings (SSSR count). The van der Waals surface area contributed by atoms with Crippen LogP contribution in [-0.4, -0.2) is 20.9 Å². The lowest BCUT2D eigenvalue weighted by molar-refractivity contribution is -0.117. The molecule has 134 valence electrons. The Balaban J connectivity index is 1.65. The molecule has 1 fully saturated rings. The first-order chi connectivity index (χ1) is 13.1. The van der Waals surface area contributed by atoms with Crippen molar-refractivity contribution in [2.75, 3.05) is 5.32 Å². The second-order valence-electron chi connectivity index (χ2n) is 6.77. The van der Waals surface area contributed by atoms with Crippen LogP contribution < -0.4 is 5.32 Å². The number of amides is 1. The second-order valence-corrected chi connectivity index (χ2v) is 7.68. The number of halogens is 1. The van der Waals surface area contributed by atoms with Gasteiger partial charge in [-0.3, -0.25) is 9.78 Å². The van der Waals surface area contributed by atoms with Crippen molar-refractivity contribution < 1.29 is 9.21 Å². The maximum atomic E-state index is 12.1. The lowest BCUT2D eigenvalue weighted by Gasteiger charge is -2.08. The van der Waals surface area contributed by atoms with Crippen LogP contribution in [0.3, 0.4) is 0 Å². The van der Waals surface area contributed by atoms with E-state index in [2.05, 4.69) is 36.2 Å². The highest BCUT2D eigenvalue weighted by Crippen LogP contribution is 2.34. The van der Waals surface area contributed by atoms with Crippen molar-refractivity contribution in [2.45, 2.75) is 19.8 Å². The smallest absolute Gasteiger partial charge is 0.229 e. The number of oxazole rings is 1. The number of aryl methyl sites for hydroxylation is 1. The summed E-state index contributed by atoms with van der Waals surface area (Å²) >= 11 is 3.45. The van der Waals surface area contributed by atoms with E-state index in [1.54, 1.807) is 12.4 Å². The van der Waals surface area contributed by atoms with Crippen LogP contribution in [0.25, 0.3) is 33.3 Å². The first-order valence-corrected chi connectivity index (χ1v) is 9.50. The van der Waals surface area contributed by atoms with E-state index < -0.39 is 0 Å². The fourth-order valence-electron chi connectivity index (χ4n) is 3.10. The van der Waals surface area contributed by atoms with Crippen LogP contribution in [0, 0.1) is 12.8 Å². The summed E-state index contributed by atoms with van der Waals surface area (Å²) in [5.41, 5.74) is 3.11. The summed E-state index contributed by atoms with van der Waals surface area (Å²) in [7, 11) is 0. The van der Waals surface area contributed by atoms with Crippen LogP contribution in [0.15, 0.2) is 45.5 Å². The van der Waals surface area contributed by atoms with E-state index >= 15 is 0 Å². The number of hydrogen-bond donors (Lipinski definition) is 1. The predicted molar refractivity (Wildman–Crippen MR) is 106 cm³/mol. The fraction of sp³-hybridized carbons (Fsp3) is 0.200. The van der Waals surface area contributed by atoms with Gasteiger partial charge in [-0.25, -0.2) is 9.97 Å². The number of nitrogens with one attached hydrogen (secondary N) is 1. The number of benzene rings is 1. The van der Waals surface area contributed by atoms with E-state index in [0.717, 1.165) is 44.9 Å². The SMILES string of the molecule is Cc1ncc(-c2nc3cc(Br)ccc3o2)c2cc(NC(=O)C3CC3)ncc12. The minimum absolute atomic E-state index is 0.0286. The molecule has 0 radical (unpaired) electrons. The average Bonchev–Trinajstić information content (AvgIpc) is 3.42. The third kappa shape index (κ3) is 2.98. The molecule has 0 unspecified atom stereocenters. The Morgan fingerprint density at radius 2 is 2.04 bits per heavy atom. The minimum Gasteiger partial charge on any atom is -0.436 e. The number of carbonyl (C=O) groups excluding carboxylic acids is 1. The molecule has 1 N–H and O–H groups in total. The molecule has 3 aromatic heterocycles. The van der Waals surface area contributed by atoms with Gasteiger partial charge in [-0.15, -0.1) is 0 Å². The van der Waals surface area contributed by atoms with E-state index in [0.29, 0.717) is 17.3 Å². The number of rotatable bonds is 3. The van der Waals surface area contributed by atoms with Crippen molar-refractivity contribution in [1.29, 1.82) is 0 Å². The number of pyridine rings is 2. The van der Waals surface area contributed by atoms with E-state index in [1.807, 2.05) is 31.2 Å². The van der Waals surface area contributed by atoms with Crippen molar-refractivity contribution >= 4 is 49.5 Å². The topological polar surface area (TPSA) is 80.9 Å². The van der Waals surface area contributed by atoms with Crippen molar-refractivity contribution in [3.05, 3.63) is 46.8 Å². The molecular weight excluding hydrogens is 408 g/mol. The lowest BCUT2D eigenvalue weighted by atomic mass is 10.1. The first-order valence-electron chi connectivity index (χ1n) is 8.71. The predicted octanol–water partition coefficient (Wildman–Crippen LogP) is 4.86. The Morgan fingerprint density at radius 3 is 2.85 bits per heavy atom. The Bertz CT molecular complexity index is 1210. The zero-order valence-electron chi connectivity index (χ0n) is 14.5. The molecule has 1 saturated carbocycles. The van der Waals surface area contributed by atoms with Gasteiger partial charge in [0.15, 0.2) is 5.58 Å². The maximum absolute atomic E-state index is 12.1. The molecule has 7 heteroatoms. The highest BCUT2D eigenvalue weighted by atomic mass is 79.9. The summed E-state index contributed by atoms with van der Waals surface area (Å²) < 4.78 is 6.89. The fourth-order valence-corrected chi connectivity index (χ4v) is 3.44. The van der Waals surface area contributed by atoms with Crippen LogP contribution in [0.4, 0.5) is 5.82 Å². The van der Waals surface area contributed by atoms with E-state index in [1.165, 1.54) is 0 Å². The van der Waals surface area contributed by atoms with Crippen LogP contribution in [0.5, 0.6) is 0 Å². The van der Waals surface area contributed by atoms with Crippen LogP contribution in [-0.2, 0) is 4.79 Å². The molecule has 6 nitrogen and oxygen atoms in total. The highest BCUT2D eigenvalue weighted by Gasteiger charge is 2.29. The zero-order valence-corrected chi connectivity index (χ0v) is 16.1. The monoisotopic (exact) mass is 422 g/mol. The van der Waals surface area contributed by atoms with Gasteiger partial charge in [0.25, 0.3) is 0 Å². The summed E-state index contributed by atoms with van der Waals surface area (Å²) in [4.78, 5) is 25.5. The van der Waals surface area contributed by atoms with Crippen molar-refractivity contribution in [2.24, 2.45) is 5.92 Å². The van der Waals surface area contributed by atoms with Crippen LogP contribution in [0.2, 0.25) is 0 Å². The van der Waals surface area contributed by atoms with Crippen LogP contribution in [0.1, 0.15) is 18.5 Å². The number of anilines is 1. The van der Waals surface area contributed by atoms with E-state index in [4.69, 9.17) is 4.42 Å². The third-order valence-corrected chi connectivity index (χ3v) is 5.24. The number of fused-ring (bicyclic) bond motifs is 2. The Labute approximate surface area is 163 Å². The molecule has 4 aromatic rings. The molecule has 27 heavy (non-hydrogen) atoms. The number of nitrogens with zero attached hydrogens (tertiary/aromatic N) is 3. The Hall–Kier alpha value is -2.80. The number of hydrogen-bond acceptors (Lipinski definition) is 5. The van der Waals surface area contributed by atoms with Gasteiger partial charge in [0, 0.05) is 39.3 Å². The van der Waals surface area contributed by atoms with Crippen LogP contribution >= 0.6 is 15.9 Å². The third-order valence-electron chi connectivity index (χ3n) is 4.75. The highest BCUT2D eigenvalue weighted by molar-refractivity contribution is 9.10.